The number of esters is 1. The molecule has 10 heteroatoms. The first-order valence-electron chi connectivity index (χ1n) is 11.2. The number of rotatable bonds is 7. The van der Waals surface area contributed by atoms with Crippen LogP contribution in [0.2, 0.25) is 0 Å². The number of urea groups is 1. The number of benzene rings is 1. The number of imide groups is 1. The maximum atomic E-state index is 13.4. The van der Waals surface area contributed by atoms with Crippen molar-refractivity contribution in [2.24, 2.45) is 5.92 Å². The Hall–Kier alpha value is -3.40. The van der Waals surface area contributed by atoms with Crippen molar-refractivity contribution in [3.63, 3.8) is 0 Å². The standard InChI is InChI=1S/C24H27N3O6S/c1-4-32-21(29)19-15(11-14(2)3)13-34-20(19)25-18(28)12-27-22(30)24(26-23(27)31)9-10-33-17-8-6-5-7-16(17)24/h5-8,13-14H,4,9-12H2,1-3H3,(H,25,28)(H,26,31). The number of para-hydroxylation sites is 1. The number of thiophene rings is 1. The molecule has 4 rings (SSSR count). The molecule has 34 heavy (non-hydrogen) atoms. The molecule has 0 aliphatic carbocycles. The Morgan fingerprint density at radius 1 is 1.29 bits per heavy atom. The van der Waals surface area contributed by atoms with E-state index in [4.69, 9.17) is 9.47 Å². The highest BCUT2D eigenvalue weighted by Gasteiger charge is 2.55. The summed E-state index contributed by atoms with van der Waals surface area (Å²) in [6, 6.07) is 6.40. The topological polar surface area (TPSA) is 114 Å². The number of nitrogens with one attached hydrogen (secondary N) is 2. The number of ether oxygens (including phenoxy) is 2. The van der Waals surface area contributed by atoms with E-state index in [1.165, 1.54) is 11.3 Å². The smallest absolute Gasteiger partial charge is 0.341 e. The van der Waals surface area contributed by atoms with Gasteiger partial charge in [-0.3, -0.25) is 14.5 Å². The fourth-order valence-corrected chi connectivity index (χ4v) is 5.31. The lowest BCUT2D eigenvalue weighted by Crippen LogP contribution is -2.48. The molecule has 1 aromatic carbocycles. The van der Waals surface area contributed by atoms with Crippen molar-refractivity contribution < 1.29 is 28.7 Å². The number of fused-ring (bicyclic) bond motifs is 2. The van der Waals surface area contributed by atoms with Crippen LogP contribution in [0.25, 0.3) is 0 Å². The first-order chi connectivity index (χ1) is 16.3. The molecule has 1 fully saturated rings. The first-order valence-corrected chi connectivity index (χ1v) is 12.1. The Labute approximate surface area is 201 Å². The molecule has 1 saturated heterocycles. The van der Waals surface area contributed by atoms with Crippen molar-refractivity contribution in [3.05, 3.63) is 46.3 Å². The molecule has 180 valence electrons. The molecule has 3 heterocycles. The van der Waals surface area contributed by atoms with Crippen LogP contribution in [-0.2, 0) is 26.3 Å². The van der Waals surface area contributed by atoms with Crippen LogP contribution in [0.3, 0.4) is 0 Å². The van der Waals surface area contributed by atoms with Gasteiger partial charge in [0.15, 0.2) is 5.54 Å². The van der Waals surface area contributed by atoms with Gasteiger partial charge in [0.05, 0.1) is 18.8 Å². The molecule has 1 aromatic heterocycles. The van der Waals surface area contributed by atoms with E-state index in [1.807, 2.05) is 19.2 Å². The monoisotopic (exact) mass is 485 g/mol. The number of hydrogen-bond donors (Lipinski definition) is 2. The maximum absolute atomic E-state index is 13.4. The van der Waals surface area contributed by atoms with E-state index in [0.29, 0.717) is 34.2 Å². The molecule has 2 aromatic rings. The largest absolute Gasteiger partial charge is 0.493 e. The van der Waals surface area contributed by atoms with Gasteiger partial charge in [-0.15, -0.1) is 11.3 Å². The van der Waals surface area contributed by atoms with Gasteiger partial charge in [0.1, 0.15) is 17.3 Å². The molecule has 0 radical (unpaired) electrons. The number of carbonyl (C=O) groups is 4. The lowest BCUT2D eigenvalue weighted by molar-refractivity contribution is -0.135. The highest BCUT2D eigenvalue weighted by Crippen LogP contribution is 2.41. The van der Waals surface area contributed by atoms with Gasteiger partial charge in [0.25, 0.3) is 5.91 Å². The molecule has 4 amide bonds. The second-order valence-corrected chi connectivity index (χ2v) is 9.53. The Balaban J connectivity index is 1.53. The third kappa shape index (κ3) is 4.25. The molecule has 1 unspecified atom stereocenters. The van der Waals surface area contributed by atoms with E-state index >= 15 is 0 Å². The van der Waals surface area contributed by atoms with Crippen molar-refractivity contribution >= 4 is 40.2 Å². The molecule has 9 nitrogen and oxygen atoms in total. The maximum Gasteiger partial charge on any atom is 0.341 e. The zero-order valence-electron chi connectivity index (χ0n) is 19.3. The van der Waals surface area contributed by atoms with Crippen molar-refractivity contribution in [1.29, 1.82) is 0 Å². The average Bonchev–Trinajstić information content (AvgIpc) is 3.27. The van der Waals surface area contributed by atoms with Crippen molar-refractivity contribution in [2.45, 2.75) is 39.2 Å². The van der Waals surface area contributed by atoms with E-state index in [0.717, 1.165) is 10.5 Å². The number of anilines is 1. The third-order valence-electron chi connectivity index (χ3n) is 5.79. The van der Waals surface area contributed by atoms with Crippen LogP contribution in [-0.4, -0.2) is 48.5 Å². The van der Waals surface area contributed by atoms with E-state index in [2.05, 4.69) is 10.6 Å². The predicted octanol–water partition coefficient (Wildman–Crippen LogP) is 3.29. The number of carbonyl (C=O) groups excluding carboxylic acids is 4. The van der Waals surface area contributed by atoms with Gasteiger partial charge < -0.3 is 20.1 Å². The summed E-state index contributed by atoms with van der Waals surface area (Å²) in [5.41, 5.74) is 0.432. The zero-order valence-corrected chi connectivity index (χ0v) is 20.1. The normalized spacial score (nSPS) is 19.1. The van der Waals surface area contributed by atoms with Gasteiger partial charge in [-0.25, -0.2) is 9.59 Å². The van der Waals surface area contributed by atoms with E-state index in [9.17, 15) is 19.2 Å². The fraction of sp³-hybridized carbons (Fsp3) is 0.417. The van der Waals surface area contributed by atoms with Crippen LogP contribution in [0.4, 0.5) is 9.80 Å². The van der Waals surface area contributed by atoms with Gasteiger partial charge in [-0.05, 0) is 36.3 Å². The Kier molecular flexibility index (Phi) is 6.60. The van der Waals surface area contributed by atoms with Crippen molar-refractivity contribution in [1.82, 2.24) is 10.2 Å². The predicted molar refractivity (Wildman–Crippen MR) is 126 cm³/mol. The number of amides is 4. The number of hydrogen-bond acceptors (Lipinski definition) is 7. The highest BCUT2D eigenvalue weighted by molar-refractivity contribution is 7.15. The molecule has 1 atom stereocenters. The van der Waals surface area contributed by atoms with Gasteiger partial charge in [0.2, 0.25) is 5.91 Å². The zero-order chi connectivity index (χ0) is 24.5. The van der Waals surface area contributed by atoms with Crippen LogP contribution in [0.15, 0.2) is 29.6 Å². The molecule has 0 saturated carbocycles. The Morgan fingerprint density at radius 3 is 2.79 bits per heavy atom. The van der Waals surface area contributed by atoms with Crippen LogP contribution >= 0.6 is 11.3 Å². The summed E-state index contributed by atoms with van der Waals surface area (Å²) in [6.45, 7) is 5.78. The van der Waals surface area contributed by atoms with Crippen molar-refractivity contribution in [2.75, 3.05) is 25.1 Å². The van der Waals surface area contributed by atoms with Crippen molar-refractivity contribution in [3.8, 4) is 5.75 Å². The second-order valence-electron chi connectivity index (χ2n) is 8.65. The summed E-state index contributed by atoms with van der Waals surface area (Å²) in [5, 5.41) is 7.64. The van der Waals surface area contributed by atoms with Gasteiger partial charge in [0, 0.05) is 12.0 Å². The minimum absolute atomic E-state index is 0.207. The molecular formula is C24H27N3O6S. The quantitative estimate of drug-likeness (QED) is 0.460. The molecular weight excluding hydrogens is 458 g/mol. The summed E-state index contributed by atoms with van der Waals surface area (Å²) < 4.78 is 10.8. The van der Waals surface area contributed by atoms with Crippen LogP contribution < -0.4 is 15.4 Å². The fourth-order valence-electron chi connectivity index (χ4n) is 4.33. The molecule has 2 aliphatic heterocycles. The van der Waals surface area contributed by atoms with Gasteiger partial charge >= 0.3 is 12.0 Å². The summed E-state index contributed by atoms with van der Waals surface area (Å²) in [6.07, 6.45) is 0.917. The van der Waals surface area contributed by atoms with Gasteiger partial charge in [-0.1, -0.05) is 32.0 Å². The Morgan fingerprint density at radius 2 is 2.06 bits per heavy atom. The number of nitrogens with zero attached hydrogens (tertiary/aromatic N) is 1. The summed E-state index contributed by atoms with van der Waals surface area (Å²) in [7, 11) is 0. The average molecular weight is 486 g/mol. The SMILES string of the molecule is CCOC(=O)c1c(CC(C)C)csc1NC(=O)CN1C(=O)NC2(CCOc3ccccc32)C1=O. The minimum Gasteiger partial charge on any atom is -0.493 e. The highest BCUT2D eigenvalue weighted by atomic mass is 32.1. The van der Waals surface area contributed by atoms with E-state index in [-0.39, 0.29) is 19.6 Å². The molecule has 2 aliphatic rings. The van der Waals surface area contributed by atoms with E-state index in [1.54, 1.807) is 31.2 Å². The molecule has 0 bridgehead atoms. The van der Waals surface area contributed by atoms with E-state index < -0.39 is 35.9 Å². The summed E-state index contributed by atoms with van der Waals surface area (Å²) in [5.74, 6) is -0.757. The third-order valence-corrected chi connectivity index (χ3v) is 6.73. The van der Waals surface area contributed by atoms with Crippen LogP contribution in [0, 0.1) is 5.92 Å². The van der Waals surface area contributed by atoms with Crippen LogP contribution in [0.5, 0.6) is 5.75 Å². The lowest BCUT2D eigenvalue weighted by Gasteiger charge is -2.33. The van der Waals surface area contributed by atoms with Crippen LogP contribution in [0.1, 0.15) is 48.7 Å². The first kappa shape index (κ1) is 23.7. The summed E-state index contributed by atoms with van der Waals surface area (Å²) >= 11 is 1.22. The minimum atomic E-state index is -1.25. The lowest BCUT2D eigenvalue weighted by atomic mass is 9.84. The molecule has 2 N–H and O–H groups in total. The summed E-state index contributed by atoms with van der Waals surface area (Å²) in [4.78, 5) is 52.5. The second kappa shape index (κ2) is 9.46. The molecule has 1 spiro atoms. The Bertz CT molecular complexity index is 1140. The van der Waals surface area contributed by atoms with Gasteiger partial charge in [-0.2, -0.15) is 0 Å².